The molecule has 1 atom stereocenters. The summed E-state index contributed by atoms with van der Waals surface area (Å²) in [6.45, 7) is 7.80. The Balaban J connectivity index is -0.000000270. The lowest BCUT2D eigenvalue weighted by Crippen LogP contribution is -2.12. The van der Waals surface area contributed by atoms with E-state index in [1.807, 2.05) is 6.92 Å². The third-order valence-corrected chi connectivity index (χ3v) is 4.92. The summed E-state index contributed by atoms with van der Waals surface area (Å²) in [6, 6.07) is 0. The highest BCUT2D eigenvalue weighted by Crippen LogP contribution is 2.04. The summed E-state index contributed by atoms with van der Waals surface area (Å²) < 4.78 is 24.1. The van der Waals surface area contributed by atoms with Gasteiger partial charge in [0.05, 0.1) is 52.4 Å². The molecule has 4 N–H and O–H groups in total. The van der Waals surface area contributed by atoms with Crippen LogP contribution in [0.1, 0.15) is 112 Å². The molecule has 12 nitrogen and oxygen atoms in total. The number of hydrogen-bond donors (Lipinski definition) is 4. The monoisotopic (exact) mass is 614 g/mol. The lowest BCUT2D eigenvalue weighted by molar-refractivity contribution is -0.146. The van der Waals surface area contributed by atoms with E-state index < -0.39 is 12.3 Å². The smallest absolute Gasteiger partial charge is 0.466 e. The van der Waals surface area contributed by atoms with Crippen LogP contribution in [0.4, 0.5) is 4.79 Å². The van der Waals surface area contributed by atoms with Crippen molar-refractivity contribution in [1.29, 1.82) is 0 Å². The number of carbonyl (C=O) groups is 3. The van der Waals surface area contributed by atoms with Gasteiger partial charge < -0.3 is 44.1 Å². The van der Waals surface area contributed by atoms with Crippen LogP contribution in [0.2, 0.25) is 0 Å². The first-order chi connectivity index (χ1) is 19.8. The Labute approximate surface area is 254 Å². The second kappa shape index (κ2) is 41.1. The molecular formula is C30H62O12. The first-order valence-electron chi connectivity index (χ1n) is 15.0. The van der Waals surface area contributed by atoms with Crippen LogP contribution in [0.25, 0.3) is 0 Å². The average molecular weight is 615 g/mol. The van der Waals surface area contributed by atoms with Crippen LogP contribution in [0.5, 0.6) is 0 Å². The van der Waals surface area contributed by atoms with Gasteiger partial charge in [0.25, 0.3) is 0 Å². The van der Waals surface area contributed by atoms with Crippen molar-refractivity contribution in [2.75, 3.05) is 59.5 Å². The molecule has 0 bridgehead atoms. The van der Waals surface area contributed by atoms with E-state index in [1.54, 1.807) is 6.92 Å². The molecule has 0 amide bonds. The van der Waals surface area contributed by atoms with E-state index in [4.69, 9.17) is 39.4 Å². The Bertz CT molecular complexity index is 536. The zero-order valence-corrected chi connectivity index (χ0v) is 25.7. The maximum absolute atomic E-state index is 11.1. The molecule has 0 aliphatic carbocycles. The molecule has 0 aromatic heterocycles. The van der Waals surface area contributed by atoms with E-state index in [-0.39, 0.29) is 52.2 Å². The van der Waals surface area contributed by atoms with Crippen molar-refractivity contribution >= 4 is 18.1 Å². The van der Waals surface area contributed by atoms with E-state index in [2.05, 4.69) is 11.7 Å². The Morgan fingerprint density at radius 1 is 0.571 bits per heavy atom. The normalized spacial score (nSPS) is 10.5. The number of hydrogen-bond acceptors (Lipinski definition) is 12. The molecule has 0 aliphatic rings. The van der Waals surface area contributed by atoms with Gasteiger partial charge in [0.2, 0.25) is 0 Å². The lowest BCUT2D eigenvalue weighted by atomic mass is 10.2. The fourth-order valence-electron chi connectivity index (χ4n) is 2.83. The van der Waals surface area contributed by atoms with Crippen LogP contribution >= 0.6 is 0 Å². The first-order valence-corrected chi connectivity index (χ1v) is 15.0. The second-order valence-electron chi connectivity index (χ2n) is 9.16. The number of aliphatic hydroxyl groups is 4. The van der Waals surface area contributed by atoms with Crippen molar-refractivity contribution in [3.63, 3.8) is 0 Å². The summed E-state index contributed by atoms with van der Waals surface area (Å²) in [5, 5.41) is 33.7. The van der Waals surface area contributed by atoms with Gasteiger partial charge in [-0.3, -0.25) is 9.59 Å². The van der Waals surface area contributed by atoms with Crippen LogP contribution in [0, 0.1) is 0 Å². The van der Waals surface area contributed by atoms with Crippen LogP contribution in [0.3, 0.4) is 0 Å². The van der Waals surface area contributed by atoms with E-state index in [1.165, 1.54) is 12.8 Å². The number of ether oxygens (including phenoxy) is 5. The fourth-order valence-corrected chi connectivity index (χ4v) is 2.83. The predicted octanol–water partition coefficient (Wildman–Crippen LogP) is 4.32. The summed E-state index contributed by atoms with van der Waals surface area (Å²) in [5.41, 5.74) is 0. The molecule has 1 unspecified atom stereocenters. The Hall–Kier alpha value is -1.99. The van der Waals surface area contributed by atoms with Gasteiger partial charge in [0.1, 0.15) is 6.61 Å². The minimum Gasteiger partial charge on any atom is -0.466 e. The predicted molar refractivity (Wildman–Crippen MR) is 161 cm³/mol. The van der Waals surface area contributed by atoms with Gasteiger partial charge >= 0.3 is 18.1 Å². The minimum atomic E-state index is -0.552. The van der Waals surface area contributed by atoms with E-state index in [9.17, 15) is 14.4 Å². The topological polar surface area (TPSA) is 178 Å². The van der Waals surface area contributed by atoms with Crippen molar-refractivity contribution in [2.24, 2.45) is 0 Å². The van der Waals surface area contributed by atoms with Crippen molar-refractivity contribution < 1.29 is 58.5 Å². The molecule has 0 spiro atoms. The number of carbonyl (C=O) groups excluding carboxylic acids is 3. The average Bonchev–Trinajstić information content (AvgIpc) is 2.95. The van der Waals surface area contributed by atoms with Gasteiger partial charge in [-0.25, -0.2) is 4.79 Å². The summed E-state index contributed by atoms with van der Waals surface area (Å²) in [7, 11) is 0. The van der Waals surface area contributed by atoms with Crippen LogP contribution in [-0.4, -0.2) is 104 Å². The third-order valence-electron chi connectivity index (χ3n) is 4.92. The van der Waals surface area contributed by atoms with Crippen molar-refractivity contribution in [3.05, 3.63) is 0 Å². The molecule has 12 heteroatoms. The molecule has 0 radical (unpaired) electrons. The third kappa shape index (κ3) is 47.8. The largest absolute Gasteiger partial charge is 0.508 e. The Morgan fingerprint density at radius 2 is 1.07 bits per heavy atom. The van der Waals surface area contributed by atoms with E-state index >= 15 is 0 Å². The minimum absolute atomic E-state index is 0. The number of rotatable bonds is 24. The summed E-state index contributed by atoms with van der Waals surface area (Å²) in [6.07, 6.45) is 9.68. The summed E-state index contributed by atoms with van der Waals surface area (Å²) in [4.78, 5) is 33.1. The van der Waals surface area contributed by atoms with Crippen LogP contribution in [0.15, 0.2) is 0 Å². The quantitative estimate of drug-likeness (QED) is 0.0688. The van der Waals surface area contributed by atoms with Crippen LogP contribution < -0.4 is 0 Å². The number of aliphatic hydroxyl groups excluding tert-OH is 4. The van der Waals surface area contributed by atoms with Gasteiger partial charge in [-0.15, -0.1) is 0 Å². The zero-order valence-electron chi connectivity index (χ0n) is 25.7. The van der Waals surface area contributed by atoms with E-state index in [0.29, 0.717) is 52.3 Å². The van der Waals surface area contributed by atoms with Gasteiger partial charge in [-0.2, -0.15) is 0 Å². The Kier molecular flexibility index (Phi) is 46.0. The highest BCUT2D eigenvalue weighted by Gasteiger charge is 2.05. The SMILES string of the molecule is C.CC(O)COCCO.CCCCCCOC(=O)OCCCCCCO.CCCOC(=O)CCCCC(=O)OCCO. The van der Waals surface area contributed by atoms with Crippen LogP contribution in [-0.2, 0) is 33.3 Å². The standard InChI is InChI=1S/C13H26O4.C11H20O5.C5H12O3.CH4/c1-2-3-4-8-11-16-13(15)17-12-9-6-5-7-10-14;1-2-8-15-10(13)5-3-4-6-11(14)16-9-7-12;1-5(7)4-8-3-2-6;/h14H,2-12H2,1H3;12H,2-9H2,1H3;5-7H,2-4H2,1H3;1H4. The lowest BCUT2D eigenvalue weighted by Gasteiger charge is -2.05. The number of unbranched alkanes of at least 4 members (excludes halogenated alkanes) is 7. The molecule has 0 aromatic rings. The van der Waals surface area contributed by atoms with Crippen molar-refractivity contribution in [1.82, 2.24) is 0 Å². The summed E-state index contributed by atoms with van der Waals surface area (Å²) in [5.74, 6) is -0.554. The highest BCUT2D eigenvalue weighted by molar-refractivity contribution is 5.70. The van der Waals surface area contributed by atoms with Crippen molar-refractivity contribution in [2.45, 2.75) is 118 Å². The molecular weight excluding hydrogens is 552 g/mol. The fraction of sp³-hybridized carbons (Fsp3) is 0.900. The molecule has 0 saturated carbocycles. The maximum atomic E-state index is 11.1. The highest BCUT2D eigenvalue weighted by atomic mass is 16.7. The summed E-state index contributed by atoms with van der Waals surface area (Å²) >= 11 is 0. The first kappa shape index (κ1) is 47.0. The van der Waals surface area contributed by atoms with Gasteiger partial charge in [0, 0.05) is 19.4 Å². The van der Waals surface area contributed by atoms with Gasteiger partial charge in [-0.05, 0) is 51.9 Å². The molecule has 0 fully saturated rings. The molecule has 0 saturated heterocycles. The molecule has 0 rings (SSSR count). The zero-order chi connectivity index (χ0) is 31.4. The van der Waals surface area contributed by atoms with Gasteiger partial charge in [0.15, 0.2) is 0 Å². The molecule has 0 aromatic carbocycles. The molecule has 0 aliphatic heterocycles. The molecule has 0 heterocycles. The second-order valence-corrected chi connectivity index (χ2v) is 9.16. The maximum Gasteiger partial charge on any atom is 0.508 e. The number of esters is 2. The molecule has 42 heavy (non-hydrogen) atoms. The van der Waals surface area contributed by atoms with Gasteiger partial charge in [-0.1, -0.05) is 47.0 Å². The molecule has 254 valence electrons. The Morgan fingerprint density at radius 3 is 1.52 bits per heavy atom. The van der Waals surface area contributed by atoms with E-state index in [0.717, 1.165) is 44.9 Å². The van der Waals surface area contributed by atoms with Crippen molar-refractivity contribution in [3.8, 4) is 0 Å².